The summed E-state index contributed by atoms with van der Waals surface area (Å²) in [5, 5.41) is 4.69. The smallest absolute Gasteiger partial charge is 0.254 e. The van der Waals surface area contributed by atoms with E-state index in [1.807, 2.05) is 52.8 Å². The van der Waals surface area contributed by atoms with Crippen molar-refractivity contribution < 1.29 is 4.79 Å². The fourth-order valence-corrected chi connectivity index (χ4v) is 4.91. The molecule has 6 nitrogen and oxygen atoms in total. The van der Waals surface area contributed by atoms with E-state index in [2.05, 4.69) is 20.0 Å². The second kappa shape index (κ2) is 8.36. The molecule has 0 saturated heterocycles. The highest BCUT2D eigenvalue weighted by atomic mass is 32.1. The molecule has 0 radical (unpaired) electrons. The zero-order chi connectivity index (χ0) is 20.3. The van der Waals surface area contributed by atoms with Crippen LogP contribution >= 0.6 is 11.3 Å². The summed E-state index contributed by atoms with van der Waals surface area (Å²) < 4.78 is 2.98. The second-order valence-electron chi connectivity index (χ2n) is 7.67. The minimum atomic E-state index is 0.110. The molecule has 0 bridgehead atoms. The van der Waals surface area contributed by atoms with Crippen LogP contribution in [0.1, 0.15) is 36.0 Å². The van der Waals surface area contributed by atoms with Gasteiger partial charge in [-0.1, -0.05) is 12.8 Å². The molecule has 4 aromatic rings. The fourth-order valence-electron chi connectivity index (χ4n) is 4.19. The van der Waals surface area contributed by atoms with Crippen molar-refractivity contribution in [3.8, 4) is 11.3 Å². The van der Waals surface area contributed by atoms with E-state index >= 15 is 0 Å². The Morgan fingerprint density at radius 2 is 1.97 bits per heavy atom. The van der Waals surface area contributed by atoms with E-state index in [0.29, 0.717) is 19.1 Å². The predicted molar refractivity (Wildman–Crippen MR) is 118 cm³/mol. The van der Waals surface area contributed by atoms with Crippen molar-refractivity contribution in [1.82, 2.24) is 24.6 Å². The van der Waals surface area contributed by atoms with Crippen molar-refractivity contribution in [3.05, 3.63) is 66.1 Å². The topological polar surface area (TPSA) is 63.9 Å². The summed E-state index contributed by atoms with van der Waals surface area (Å²) in [6.45, 7) is 1.33. The number of carbonyl (C=O) groups excluding carboxylic acids is 1. The van der Waals surface area contributed by atoms with Gasteiger partial charge in [-0.2, -0.15) is 5.10 Å². The number of rotatable bonds is 6. The Morgan fingerprint density at radius 1 is 1.13 bits per heavy atom. The van der Waals surface area contributed by atoms with Crippen molar-refractivity contribution in [2.75, 3.05) is 6.54 Å². The lowest BCUT2D eigenvalue weighted by Crippen LogP contribution is -2.41. The van der Waals surface area contributed by atoms with Crippen LogP contribution in [0.25, 0.3) is 21.5 Å². The summed E-state index contributed by atoms with van der Waals surface area (Å²) >= 11 is 1.57. The summed E-state index contributed by atoms with van der Waals surface area (Å²) in [7, 11) is 0. The molecule has 5 rings (SSSR count). The lowest BCUT2D eigenvalue weighted by atomic mass is 10.1. The lowest BCUT2D eigenvalue weighted by Gasteiger charge is -2.29. The zero-order valence-electron chi connectivity index (χ0n) is 16.6. The Hall–Kier alpha value is -3.06. The van der Waals surface area contributed by atoms with E-state index in [1.165, 1.54) is 12.8 Å². The third-order valence-corrected chi connectivity index (χ3v) is 6.58. The van der Waals surface area contributed by atoms with Crippen LogP contribution in [-0.4, -0.2) is 43.1 Å². The van der Waals surface area contributed by atoms with Crippen LogP contribution < -0.4 is 0 Å². The lowest BCUT2D eigenvalue weighted by molar-refractivity contribution is 0.0672. The molecule has 0 unspecified atom stereocenters. The molecule has 1 saturated carbocycles. The van der Waals surface area contributed by atoms with Crippen LogP contribution in [0.2, 0.25) is 0 Å². The van der Waals surface area contributed by atoms with Gasteiger partial charge in [0.05, 0.1) is 28.0 Å². The van der Waals surface area contributed by atoms with Gasteiger partial charge in [0.2, 0.25) is 0 Å². The molecule has 30 heavy (non-hydrogen) atoms. The number of fused-ring (bicyclic) bond motifs is 1. The average molecular weight is 418 g/mol. The number of hydrogen-bond acceptors (Lipinski definition) is 5. The molecule has 0 N–H and O–H groups in total. The largest absolute Gasteiger partial charge is 0.334 e. The van der Waals surface area contributed by atoms with Crippen molar-refractivity contribution in [3.63, 3.8) is 0 Å². The third-order valence-electron chi connectivity index (χ3n) is 5.79. The molecule has 3 heterocycles. The number of carbonyl (C=O) groups is 1. The number of pyridine rings is 1. The molecule has 1 fully saturated rings. The van der Waals surface area contributed by atoms with Gasteiger partial charge in [0.15, 0.2) is 0 Å². The van der Waals surface area contributed by atoms with Crippen molar-refractivity contribution in [2.24, 2.45) is 0 Å². The number of thiazole rings is 1. The van der Waals surface area contributed by atoms with Gasteiger partial charge in [0, 0.05) is 42.3 Å². The molecule has 7 heteroatoms. The molecule has 0 atom stereocenters. The van der Waals surface area contributed by atoms with E-state index in [-0.39, 0.29) is 5.91 Å². The molecule has 1 aromatic carbocycles. The number of benzene rings is 1. The normalized spacial score (nSPS) is 14.4. The molecule has 1 amide bonds. The zero-order valence-corrected chi connectivity index (χ0v) is 17.5. The van der Waals surface area contributed by atoms with Gasteiger partial charge < -0.3 is 4.90 Å². The van der Waals surface area contributed by atoms with Gasteiger partial charge in [-0.3, -0.25) is 14.5 Å². The van der Waals surface area contributed by atoms with Crippen LogP contribution in [0, 0.1) is 0 Å². The first-order valence-corrected chi connectivity index (χ1v) is 11.2. The number of aromatic nitrogens is 4. The Morgan fingerprint density at radius 3 is 2.80 bits per heavy atom. The summed E-state index contributed by atoms with van der Waals surface area (Å²) in [6.07, 6.45) is 10.1. The van der Waals surface area contributed by atoms with Crippen LogP contribution in [0.15, 0.2) is 60.5 Å². The Balaban J connectivity index is 1.34. The van der Waals surface area contributed by atoms with Crippen LogP contribution in [0.3, 0.4) is 0 Å². The average Bonchev–Trinajstić information content (AvgIpc) is 3.55. The molecule has 0 aliphatic heterocycles. The molecule has 1 aliphatic carbocycles. The summed E-state index contributed by atoms with van der Waals surface area (Å²) in [6, 6.07) is 12.1. The molecular formula is C23H23N5OS. The van der Waals surface area contributed by atoms with Gasteiger partial charge >= 0.3 is 0 Å². The maximum Gasteiger partial charge on any atom is 0.254 e. The molecular weight excluding hydrogens is 394 g/mol. The highest BCUT2D eigenvalue weighted by Crippen LogP contribution is 2.26. The molecule has 0 spiro atoms. The Labute approximate surface area is 179 Å². The van der Waals surface area contributed by atoms with E-state index in [4.69, 9.17) is 0 Å². The van der Waals surface area contributed by atoms with Crippen molar-refractivity contribution in [1.29, 1.82) is 0 Å². The minimum Gasteiger partial charge on any atom is -0.334 e. The van der Waals surface area contributed by atoms with Gasteiger partial charge in [-0.15, -0.1) is 11.3 Å². The monoisotopic (exact) mass is 417 g/mol. The summed E-state index contributed by atoms with van der Waals surface area (Å²) in [5.74, 6) is 0.110. The molecule has 1 aliphatic rings. The van der Waals surface area contributed by atoms with Crippen molar-refractivity contribution in [2.45, 2.75) is 38.3 Å². The second-order valence-corrected chi connectivity index (χ2v) is 8.56. The minimum absolute atomic E-state index is 0.110. The van der Waals surface area contributed by atoms with Gasteiger partial charge in [0.1, 0.15) is 0 Å². The van der Waals surface area contributed by atoms with E-state index in [0.717, 1.165) is 39.9 Å². The first-order chi connectivity index (χ1) is 14.8. The standard InChI is InChI=1S/C23H23N5OS/c29-23(18-5-6-21-22(15-18)30-16-25-21)28(19-3-1-2-4-19)14-13-27-12-9-20(26-27)17-7-10-24-11-8-17/h5-12,15-16,19H,1-4,13-14H2. The van der Waals surface area contributed by atoms with E-state index in [9.17, 15) is 4.79 Å². The predicted octanol–water partition coefficient (Wildman–Crippen LogP) is 4.64. The highest BCUT2D eigenvalue weighted by Gasteiger charge is 2.27. The van der Waals surface area contributed by atoms with Crippen LogP contribution in [0.5, 0.6) is 0 Å². The number of amides is 1. The third kappa shape index (κ3) is 3.85. The van der Waals surface area contributed by atoms with Gasteiger partial charge in [-0.25, -0.2) is 4.98 Å². The van der Waals surface area contributed by atoms with E-state index in [1.54, 1.807) is 23.7 Å². The van der Waals surface area contributed by atoms with Gasteiger partial charge in [-0.05, 0) is 49.2 Å². The molecule has 152 valence electrons. The Kier molecular flexibility index (Phi) is 5.27. The molecule has 3 aromatic heterocycles. The maximum atomic E-state index is 13.4. The summed E-state index contributed by atoms with van der Waals surface area (Å²) in [4.78, 5) is 23.9. The van der Waals surface area contributed by atoms with Crippen LogP contribution in [0.4, 0.5) is 0 Å². The first kappa shape index (κ1) is 18.9. The number of nitrogens with zero attached hydrogens (tertiary/aromatic N) is 5. The fraction of sp³-hybridized carbons (Fsp3) is 0.304. The Bertz CT molecular complexity index is 1150. The quantitative estimate of drug-likeness (QED) is 0.458. The highest BCUT2D eigenvalue weighted by molar-refractivity contribution is 7.16. The van der Waals surface area contributed by atoms with E-state index < -0.39 is 0 Å². The van der Waals surface area contributed by atoms with Crippen molar-refractivity contribution >= 4 is 27.5 Å². The maximum absolute atomic E-state index is 13.4. The van der Waals surface area contributed by atoms with Crippen LogP contribution in [-0.2, 0) is 6.54 Å². The summed E-state index contributed by atoms with van der Waals surface area (Å²) in [5.41, 5.74) is 5.49. The number of hydrogen-bond donors (Lipinski definition) is 0. The van der Waals surface area contributed by atoms with Gasteiger partial charge in [0.25, 0.3) is 5.91 Å². The SMILES string of the molecule is O=C(c1ccc2ncsc2c1)N(CCn1ccc(-c2ccncc2)n1)C1CCCC1. The first-order valence-electron chi connectivity index (χ1n) is 10.4.